The summed E-state index contributed by atoms with van der Waals surface area (Å²) in [5.41, 5.74) is 2.31. The van der Waals surface area contributed by atoms with Crippen molar-refractivity contribution in [1.82, 2.24) is 0 Å². The molecule has 0 atom stereocenters. The molecule has 1 aliphatic carbocycles. The van der Waals surface area contributed by atoms with Crippen LogP contribution in [0.3, 0.4) is 0 Å². The molecule has 25 heavy (non-hydrogen) atoms. The van der Waals surface area contributed by atoms with Crippen molar-refractivity contribution in [3.05, 3.63) is 69.0 Å². The summed E-state index contributed by atoms with van der Waals surface area (Å²) in [6.07, 6.45) is 2.76. The predicted octanol–water partition coefficient (Wildman–Crippen LogP) is 4.39. The van der Waals surface area contributed by atoms with Crippen LogP contribution < -0.4 is 15.1 Å². The first-order valence-electron chi connectivity index (χ1n) is 8.31. The fraction of sp³-hybridized carbons (Fsp3) is 0.250. The maximum atomic E-state index is 12.0. The summed E-state index contributed by atoms with van der Waals surface area (Å²) in [6, 6.07) is 12.9. The summed E-state index contributed by atoms with van der Waals surface area (Å²) in [7, 11) is 0. The molecule has 128 valence electrons. The SMILES string of the molecule is O=c1oc2cc(OCCOc3ccccc3Cl)ccc2c2c1CCC2. The van der Waals surface area contributed by atoms with Gasteiger partial charge < -0.3 is 13.9 Å². The van der Waals surface area contributed by atoms with Crippen molar-refractivity contribution in [2.75, 3.05) is 13.2 Å². The van der Waals surface area contributed by atoms with E-state index in [1.807, 2.05) is 30.3 Å². The molecule has 4 rings (SSSR count). The van der Waals surface area contributed by atoms with Crippen molar-refractivity contribution in [3.63, 3.8) is 0 Å². The number of fused-ring (bicyclic) bond motifs is 3. The molecule has 0 N–H and O–H groups in total. The Morgan fingerprint density at radius 2 is 1.80 bits per heavy atom. The van der Waals surface area contributed by atoms with Crippen molar-refractivity contribution < 1.29 is 13.9 Å². The van der Waals surface area contributed by atoms with E-state index in [9.17, 15) is 4.79 Å². The van der Waals surface area contributed by atoms with Crippen molar-refractivity contribution in [2.24, 2.45) is 0 Å². The number of halogens is 1. The molecule has 0 bridgehead atoms. The van der Waals surface area contributed by atoms with Crippen LogP contribution in [0.25, 0.3) is 11.0 Å². The summed E-state index contributed by atoms with van der Waals surface area (Å²) in [5.74, 6) is 1.28. The van der Waals surface area contributed by atoms with Gasteiger partial charge in [-0.3, -0.25) is 0 Å². The minimum absolute atomic E-state index is 0.223. The zero-order chi connectivity index (χ0) is 17.2. The largest absolute Gasteiger partial charge is 0.490 e. The van der Waals surface area contributed by atoms with Gasteiger partial charge in [0.15, 0.2) is 0 Å². The molecular weight excluding hydrogens is 340 g/mol. The highest BCUT2D eigenvalue weighted by atomic mass is 35.5. The quantitative estimate of drug-likeness (QED) is 0.502. The molecule has 1 heterocycles. The molecule has 0 spiro atoms. The molecule has 0 fully saturated rings. The van der Waals surface area contributed by atoms with Crippen LogP contribution in [0, 0.1) is 0 Å². The molecule has 1 aliphatic rings. The second-order valence-corrected chi connectivity index (χ2v) is 6.39. The van der Waals surface area contributed by atoms with Crippen LogP contribution in [-0.4, -0.2) is 13.2 Å². The smallest absolute Gasteiger partial charge is 0.339 e. The molecule has 5 heteroatoms. The average molecular weight is 357 g/mol. The third-order valence-corrected chi connectivity index (χ3v) is 4.70. The van der Waals surface area contributed by atoms with Gasteiger partial charge in [0, 0.05) is 17.0 Å². The van der Waals surface area contributed by atoms with Crippen molar-refractivity contribution in [1.29, 1.82) is 0 Å². The Kier molecular flexibility index (Phi) is 4.36. The molecule has 4 nitrogen and oxygen atoms in total. The van der Waals surface area contributed by atoms with Crippen LogP contribution in [-0.2, 0) is 12.8 Å². The first-order valence-corrected chi connectivity index (χ1v) is 8.69. The topological polar surface area (TPSA) is 48.7 Å². The van der Waals surface area contributed by atoms with Gasteiger partial charge in [-0.1, -0.05) is 23.7 Å². The Labute approximate surface area is 149 Å². The van der Waals surface area contributed by atoms with Gasteiger partial charge in [0.05, 0.1) is 5.02 Å². The van der Waals surface area contributed by atoms with Crippen molar-refractivity contribution in [3.8, 4) is 11.5 Å². The summed E-state index contributed by atoms with van der Waals surface area (Å²) in [5, 5.41) is 1.58. The molecule has 0 saturated heterocycles. The summed E-state index contributed by atoms with van der Waals surface area (Å²) in [4.78, 5) is 12.0. The predicted molar refractivity (Wildman–Crippen MR) is 97.0 cm³/mol. The fourth-order valence-corrected chi connectivity index (χ4v) is 3.42. The molecule has 3 aromatic rings. The standard InChI is InChI=1S/C20H17ClO4/c21-17-6-1-2-7-18(17)24-11-10-23-13-8-9-15-14-4-3-5-16(14)20(22)25-19(15)12-13/h1-2,6-9,12H,3-5,10-11H2. The number of aryl methyl sites for hydroxylation is 1. The lowest BCUT2D eigenvalue weighted by Gasteiger charge is -2.10. The maximum absolute atomic E-state index is 12.0. The number of para-hydroxylation sites is 1. The van der Waals surface area contributed by atoms with Crippen LogP contribution >= 0.6 is 11.6 Å². The van der Waals surface area contributed by atoms with Gasteiger partial charge in [0.2, 0.25) is 0 Å². The Balaban J connectivity index is 1.45. The number of hydrogen-bond donors (Lipinski definition) is 0. The molecule has 1 aromatic heterocycles. The Hall–Kier alpha value is -2.46. The average Bonchev–Trinajstić information content (AvgIpc) is 3.11. The third-order valence-electron chi connectivity index (χ3n) is 4.39. The fourth-order valence-electron chi connectivity index (χ4n) is 3.23. The van der Waals surface area contributed by atoms with Crippen molar-refractivity contribution >= 4 is 22.6 Å². The normalized spacial score (nSPS) is 13.0. The molecule has 0 saturated carbocycles. The zero-order valence-corrected chi connectivity index (χ0v) is 14.3. The lowest BCUT2D eigenvalue weighted by Crippen LogP contribution is -2.09. The second kappa shape index (κ2) is 6.81. The third kappa shape index (κ3) is 3.22. The van der Waals surface area contributed by atoms with Gasteiger partial charge in [-0.2, -0.15) is 0 Å². The summed E-state index contributed by atoms with van der Waals surface area (Å²) in [6.45, 7) is 0.738. The van der Waals surface area contributed by atoms with E-state index in [1.54, 1.807) is 12.1 Å². The summed E-state index contributed by atoms with van der Waals surface area (Å²) >= 11 is 6.04. The molecule has 0 aliphatic heterocycles. The Morgan fingerprint density at radius 3 is 2.68 bits per heavy atom. The van der Waals surface area contributed by atoms with Crippen LogP contribution in [0.2, 0.25) is 5.02 Å². The van der Waals surface area contributed by atoms with Gasteiger partial charge in [0.1, 0.15) is 30.3 Å². The van der Waals surface area contributed by atoms with E-state index in [1.165, 1.54) is 0 Å². The van der Waals surface area contributed by atoms with E-state index in [2.05, 4.69) is 0 Å². The zero-order valence-electron chi connectivity index (χ0n) is 13.6. The van der Waals surface area contributed by atoms with Crippen LogP contribution in [0.15, 0.2) is 51.7 Å². The Morgan fingerprint density at radius 1 is 1.00 bits per heavy atom. The van der Waals surface area contributed by atoms with Gasteiger partial charge in [-0.25, -0.2) is 4.79 Å². The van der Waals surface area contributed by atoms with Gasteiger partial charge >= 0.3 is 5.63 Å². The van der Waals surface area contributed by atoms with E-state index in [0.29, 0.717) is 35.3 Å². The highest BCUT2D eigenvalue weighted by Gasteiger charge is 2.19. The van der Waals surface area contributed by atoms with Gasteiger partial charge in [-0.15, -0.1) is 0 Å². The van der Waals surface area contributed by atoms with E-state index in [0.717, 1.165) is 35.8 Å². The number of benzene rings is 2. The van der Waals surface area contributed by atoms with Gasteiger partial charge in [0.25, 0.3) is 0 Å². The van der Waals surface area contributed by atoms with Crippen LogP contribution in [0.1, 0.15) is 17.5 Å². The van der Waals surface area contributed by atoms with E-state index < -0.39 is 0 Å². The monoisotopic (exact) mass is 356 g/mol. The molecular formula is C20H17ClO4. The number of rotatable bonds is 5. The molecule has 0 unspecified atom stereocenters. The molecule has 0 amide bonds. The molecule has 0 radical (unpaired) electrons. The van der Waals surface area contributed by atoms with E-state index in [-0.39, 0.29) is 5.63 Å². The second-order valence-electron chi connectivity index (χ2n) is 5.99. The minimum atomic E-state index is -0.223. The van der Waals surface area contributed by atoms with Crippen LogP contribution in [0.5, 0.6) is 11.5 Å². The van der Waals surface area contributed by atoms with E-state index >= 15 is 0 Å². The first kappa shape index (κ1) is 16.0. The maximum Gasteiger partial charge on any atom is 0.339 e. The highest BCUT2D eigenvalue weighted by molar-refractivity contribution is 6.32. The first-order chi connectivity index (χ1) is 12.2. The van der Waals surface area contributed by atoms with Gasteiger partial charge in [-0.05, 0) is 49.1 Å². The number of hydrogen-bond acceptors (Lipinski definition) is 4. The minimum Gasteiger partial charge on any atom is -0.490 e. The summed E-state index contributed by atoms with van der Waals surface area (Å²) < 4.78 is 16.8. The van der Waals surface area contributed by atoms with E-state index in [4.69, 9.17) is 25.5 Å². The molecule has 2 aromatic carbocycles. The number of ether oxygens (including phenoxy) is 2. The van der Waals surface area contributed by atoms with Crippen molar-refractivity contribution in [2.45, 2.75) is 19.3 Å². The highest BCUT2D eigenvalue weighted by Crippen LogP contribution is 2.29. The lowest BCUT2D eigenvalue weighted by atomic mass is 10.1. The Bertz CT molecular complexity index is 977. The lowest BCUT2D eigenvalue weighted by molar-refractivity contribution is 0.217. The van der Waals surface area contributed by atoms with Crippen LogP contribution in [0.4, 0.5) is 0 Å².